The molecule has 0 saturated heterocycles. The third kappa shape index (κ3) is 3.95. The Bertz CT molecular complexity index is 698. The number of hydrogen-bond acceptors (Lipinski definition) is 3. The first-order valence-corrected chi connectivity index (χ1v) is 7.14. The van der Waals surface area contributed by atoms with E-state index in [9.17, 15) is 9.18 Å². The first kappa shape index (κ1) is 16.2. The predicted molar refractivity (Wildman–Crippen MR) is 87.0 cm³/mol. The van der Waals surface area contributed by atoms with Crippen LogP contribution >= 0.6 is 11.6 Å². The summed E-state index contributed by atoms with van der Waals surface area (Å²) in [6.45, 7) is 5.88. The van der Waals surface area contributed by atoms with Crippen molar-refractivity contribution in [2.45, 2.75) is 26.3 Å². The maximum absolute atomic E-state index is 13.9. The monoisotopic (exact) mass is 321 g/mol. The summed E-state index contributed by atoms with van der Waals surface area (Å²) in [5.41, 5.74) is 0.102. The van der Waals surface area contributed by atoms with E-state index in [0.29, 0.717) is 11.4 Å². The number of rotatable bonds is 3. The molecule has 4 nitrogen and oxygen atoms in total. The van der Waals surface area contributed by atoms with Gasteiger partial charge in [-0.05, 0) is 45.0 Å². The number of pyridine rings is 1. The summed E-state index contributed by atoms with van der Waals surface area (Å²) in [6.07, 6.45) is 1.59. The van der Waals surface area contributed by atoms with Gasteiger partial charge in [0, 0.05) is 11.7 Å². The van der Waals surface area contributed by atoms with Gasteiger partial charge >= 0.3 is 0 Å². The second-order valence-corrected chi connectivity index (χ2v) is 6.24. The number of amides is 1. The Hall–Kier alpha value is -2.14. The number of nitrogens with one attached hydrogen (secondary N) is 2. The van der Waals surface area contributed by atoms with Gasteiger partial charge in [0.05, 0.1) is 16.3 Å². The molecule has 0 bridgehead atoms. The van der Waals surface area contributed by atoms with Gasteiger partial charge in [-0.15, -0.1) is 0 Å². The van der Waals surface area contributed by atoms with E-state index in [1.807, 2.05) is 20.8 Å². The SMILES string of the molecule is CC(C)(C)Nc1ncccc1C(=O)Nc1cccc(Cl)c1F. The van der Waals surface area contributed by atoms with Crippen LogP contribution in [0.2, 0.25) is 5.02 Å². The third-order valence-electron chi connectivity index (χ3n) is 2.75. The Morgan fingerprint density at radius 1 is 1.23 bits per heavy atom. The fourth-order valence-electron chi connectivity index (χ4n) is 1.83. The van der Waals surface area contributed by atoms with Crippen LogP contribution in [0.5, 0.6) is 0 Å². The van der Waals surface area contributed by atoms with Gasteiger partial charge in [-0.25, -0.2) is 9.37 Å². The molecular formula is C16H17ClFN3O. The lowest BCUT2D eigenvalue weighted by Gasteiger charge is -2.22. The molecule has 0 aliphatic heterocycles. The smallest absolute Gasteiger partial charge is 0.259 e. The van der Waals surface area contributed by atoms with Gasteiger partial charge in [0.1, 0.15) is 5.82 Å². The molecule has 0 spiro atoms. The highest BCUT2D eigenvalue weighted by molar-refractivity contribution is 6.31. The van der Waals surface area contributed by atoms with Crippen LogP contribution in [-0.4, -0.2) is 16.4 Å². The second-order valence-electron chi connectivity index (χ2n) is 5.83. The Balaban J connectivity index is 2.28. The van der Waals surface area contributed by atoms with Gasteiger partial charge in [-0.2, -0.15) is 0 Å². The van der Waals surface area contributed by atoms with Gasteiger partial charge in [0.15, 0.2) is 5.82 Å². The Morgan fingerprint density at radius 2 is 1.95 bits per heavy atom. The standard InChI is InChI=1S/C16H17ClFN3O/c1-16(2,3)21-14-10(6-5-9-19-14)15(22)20-12-8-4-7-11(17)13(12)18/h4-9H,1-3H3,(H,19,21)(H,20,22). The molecule has 1 amide bonds. The molecule has 2 rings (SSSR count). The number of anilines is 2. The van der Waals surface area contributed by atoms with Gasteiger partial charge in [-0.1, -0.05) is 17.7 Å². The molecule has 116 valence electrons. The minimum Gasteiger partial charge on any atom is -0.365 e. The van der Waals surface area contributed by atoms with Crippen molar-refractivity contribution in [3.63, 3.8) is 0 Å². The van der Waals surface area contributed by atoms with E-state index in [4.69, 9.17) is 11.6 Å². The quantitative estimate of drug-likeness (QED) is 0.884. The molecule has 0 atom stereocenters. The van der Waals surface area contributed by atoms with E-state index in [-0.39, 0.29) is 16.2 Å². The number of benzene rings is 1. The van der Waals surface area contributed by atoms with E-state index in [0.717, 1.165) is 0 Å². The predicted octanol–water partition coefficient (Wildman–Crippen LogP) is 4.34. The number of carbonyl (C=O) groups is 1. The molecule has 2 aromatic rings. The number of nitrogens with zero attached hydrogens (tertiary/aromatic N) is 1. The van der Waals surface area contributed by atoms with Crippen LogP contribution in [0.3, 0.4) is 0 Å². The van der Waals surface area contributed by atoms with Crippen LogP contribution < -0.4 is 10.6 Å². The maximum Gasteiger partial charge on any atom is 0.259 e. The van der Waals surface area contributed by atoms with Gasteiger partial charge < -0.3 is 10.6 Å². The van der Waals surface area contributed by atoms with Crippen LogP contribution in [0, 0.1) is 5.82 Å². The maximum atomic E-state index is 13.9. The fourth-order valence-corrected chi connectivity index (χ4v) is 2.01. The van der Waals surface area contributed by atoms with Crippen LogP contribution in [0.4, 0.5) is 15.9 Å². The molecule has 6 heteroatoms. The Labute approximate surface area is 133 Å². The first-order valence-electron chi connectivity index (χ1n) is 6.76. The zero-order chi connectivity index (χ0) is 16.3. The van der Waals surface area contributed by atoms with E-state index >= 15 is 0 Å². The molecular weight excluding hydrogens is 305 g/mol. The molecule has 1 heterocycles. The lowest BCUT2D eigenvalue weighted by molar-refractivity contribution is 0.102. The molecule has 0 radical (unpaired) electrons. The number of halogens is 2. The number of hydrogen-bond donors (Lipinski definition) is 2. The van der Waals surface area contributed by atoms with Crippen molar-refractivity contribution < 1.29 is 9.18 Å². The van der Waals surface area contributed by atoms with Crippen molar-refractivity contribution in [3.8, 4) is 0 Å². The van der Waals surface area contributed by atoms with Crippen LogP contribution in [0.1, 0.15) is 31.1 Å². The topological polar surface area (TPSA) is 54.0 Å². The van der Waals surface area contributed by atoms with Gasteiger partial charge in [0.25, 0.3) is 5.91 Å². The molecule has 22 heavy (non-hydrogen) atoms. The zero-order valence-corrected chi connectivity index (χ0v) is 13.3. The van der Waals surface area contributed by atoms with Gasteiger partial charge in [0.2, 0.25) is 0 Å². The van der Waals surface area contributed by atoms with Crippen LogP contribution in [0.15, 0.2) is 36.5 Å². The summed E-state index contributed by atoms with van der Waals surface area (Å²) in [6, 6.07) is 7.71. The summed E-state index contributed by atoms with van der Waals surface area (Å²) >= 11 is 5.71. The summed E-state index contributed by atoms with van der Waals surface area (Å²) in [5.74, 6) is -0.678. The highest BCUT2D eigenvalue weighted by atomic mass is 35.5. The van der Waals surface area contributed by atoms with Crippen molar-refractivity contribution in [1.82, 2.24) is 4.98 Å². The lowest BCUT2D eigenvalue weighted by Crippen LogP contribution is -2.28. The highest BCUT2D eigenvalue weighted by Gasteiger charge is 2.18. The molecule has 1 aromatic carbocycles. The average Bonchev–Trinajstić information content (AvgIpc) is 2.42. The average molecular weight is 322 g/mol. The van der Waals surface area contributed by atoms with Crippen LogP contribution in [0.25, 0.3) is 0 Å². The molecule has 0 saturated carbocycles. The molecule has 0 fully saturated rings. The van der Waals surface area contributed by atoms with Gasteiger partial charge in [-0.3, -0.25) is 4.79 Å². The minimum atomic E-state index is -0.660. The van der Waals surface area contributed by atoms with E-state index in [1.165, 1.54) is 12.1 Å². The van der Waals surface area contributed by atoms with E-state index < -0.39 is 11.7 Å². The van der Waals surface area contributed by atoms with Crippen molar-refractivity contribution in [2.75, 3.05) is 10.6 Å². The molecule has 0 aliphatic rings. The van der Waals surface area contributed by atoms with E-state index in [1.54, 1.807) is 24.4 Å². The van der Waals surface area contributed by atoms with Crippen molar-refractivity contribution in [2.24, 2.45) is 0 Å². The summed E-state index contributed by atoms with van der Waals surface area (Å²) in [7, 11) is 0. The Kier molecular flexibility index (Phi) is 4.66. The van der Waals surface area contributed by atoms with Crippen molar-refractivity contribution >= 4 is 29.0 Å². The summed E-state index contributed by atoms with van der Waals surface area (Å²) in [5, 5.41) is 5.62. The molecule has 0 unspecified atom stereocenters. The van der Waals surface area contributed by atoms with Crippen molar-refractivity contribution in [1.29, 1.82) is 0 Å². The normalized spacial score (nSPS) is 11.1. The lowest BCUT2D eigenvalue weighted by atomic mass is 10.1. The van der Waals surface area contributed by atoms with Crippen molar-refractivity contribution in [3.05, 3.63) is 52.9 Å². The Morgan fingerprint density at radius 3 is 2.64 bits per heavy atom. The van der Waals surface area contributed by atoms with Crippen LogP contribution in [-0.2, 0) is 0 Å². The fraction of sp³-hybridized carbons (Fsp3) is 0.250. The molecule has 0 aliphatic carbocycles. The highest BCUT2D eigenvalue weighted by Crippen LogP contribution is 2.24. The molecule has 1 aromatic heterocycles. The zero-order valence-electron chi connectivity index (χ0n) is 12.6. The summed E-state index contributed by atoms with van der Waals surface area (Å²) in [4.78, 5) is 16.6. The van der Waals surface area contributed by atoms with E-state index in [2.05, 4.69) is 15.6 Å². The number of aromatic nitrogens is 1. The summed E-state index contributed by atoms with van der Waals surface area (Å²) < 4.78 is 13.9. The minimum absolute atomic E-state index is 0.0306. The largest absolute Gasteiger partial charge is 0.365 e. The number of carbonyl (C=O) groups excluding carboxylic acids is 1. The molecule has 2 N–H and O–H groups in total. The second kappa shape index (κ2) is 6.32. The third-order valence-corrected chi connectivity index (χ3v) is 3.04. The first-order chi connectivity index (χ1) is 10.3.